The lowest BCUT2D eigenvalue weighted by atomic mass is 9.98. The smallest absolute Gasteiger partial charge is 0.249 e. The summed E-state index contributed by atoms with van der Waals surface area (Å²) in [6.45, 7) is 5.88. The molecule has 2 atom stereocenters. The maximum atomic E-state index is 12.6. The predicted octanol–water partition coefficient (Wildman–Crippen LogP) is 3.47. The normalized spacial score (nSPS) is 13.1. The van der Waals surface area contributed by atoms with Crippen molar-refractivity contribution >= 4 is 28.3 Å². The largest absolute Gasteiger partial charge is 0.344 e. The van der Waals surface area contributed by atoms with E-state index in [9.17, 15) is 9.59 Å². The average molecular weight is 360 g/mol. The molecule has 2 aromatic rings. The third kappa shape index (κ3) is 5.35. The zero-order valence-electron chi connectivity index (χ0n) is 14.8. The first-order chi connectivity index (χ1) is 12.0. The van der Waals surface area contributed by atoms with Crippen LogP contribution in [0.15, 0.2) is 30.3 Å². The van der Waals surface area contributed by atoms with Crippen molar-refractivity contribution in [1.29, 1.82) is 0 Å². The van der Waals surface area contributed by atoms with Gasteiger partial charge in [0.1, 0.15) is 11.0 Å². The van der Waals surface area contributed by atoms with Crippen molar-refractivity contribution in [3.8, 4) is 10.6 Å². The van der Waals surface area contributed by atoms with E-state index in [2.05, 4.69) is 20.8 Å². The fourth-order valence-electron chi connectivity index (χ4n) is 2.33. The van der Waals surface area contributed by atoms with Crippen LogP contribution in [-0.4, -0.2) is 28.1 Å². The molecule has 2 N–H and O–H groups in total. The van der Waals surface area contributed by atoms with Crippen LogP contribution < -0.4 is 10.6 Å². The lowest BCUT2D eigenvalue weighted by Crippen LogP contribution is -2.47. The number of amides is 2. The van der Waals surface area contributed by atoms with E-state index in [0.717, 1.165) is 23.4 Å². The van der Waals surface area contributed by atoms with E-state index in [1.165, 1.54) is 11.3 Å². The Morgan fingerprint density at radius 3 is 2.52 bits per heavy atom. The maximum Gasteiger partial charge on any atom is 0.249 e. The first-order valence-electron chi connectivity index (χ1n) is 8.54. The summed E-state index contributed by atoms with van der Waals surface area (Å²) in [5, 5.41) is 15.0. The van der Waals surface area contributed by atoms with Gasteiger partial charge in [0.25, 0.3) is 0 Å². The Kier molecular flexibility index (Phi) is 7.06. The minimum absolute atomic E-state index is 0.0299. The van der Waals surface area contributed by atoms with Crippen LogP contribution in [-0.2, 0) is 9.59 Å². The fourth-order valence-corrected chi connectivity index (χ4v) is 3.08. The van der Waals surface area contributed by atoms with Gasteiger partial charge in [-0.2, -0.15) is 0 Å². The fraction of sp³-hybridized carbons (Fsp3) is 0.444. The van der Waals surface area contributed by atoms with Gasteiger partial charge in [-0.1, -0.05) is 68.9 Å². The van der Waals surface area contributed by atoms with Crippen LogP contribution in [0.1, 0.15) is 40.0 Å². The zero-order valence-corrected chi connectivity index (χ0v) is 15.6. The Balaban J connectivity index is 2.07. The van der Waals surface area contributed by atoms with Gasteiger partial charge in [0.2, 0.25) is 16.9 Å². The molecule has 0 aliphatic rings. The molecule has 2 amide bonds. The van der Waals surface area contributed by atoms with E-state index in [1.807, 2.05) is 51.1 Å². The first-order valence-corrected chi connectivity index (χ1v) is 9.35. The number of nitrogens with zero attached hydrogens (tertiary/aromatic N) is 2. The van der Waals surface area contributed by atoms with Crippen molar-refractivity contribution in [2.75, 3.05) is 5.32 Å². The molecule has 1 aromatic heterocycles. The summed E-state index contributed by atoms with van der Waals surface area (Å²) in [4.78, 5) is 24.5. The van der Waals surface area contributed by atoms with Crippen molar-refractivity contribution < 1.29 is 9.59 Å². The van der Waals surface area contributed by atoms with Crippen LogP contribution in [0.5, 0.6) is 0 Å². The molecule has 0 aliphatic carbocycles. The molecule has 2 rings (SSSR count). The SMILES string of the molecule is CCCC(=O)N[C@H](C(=O)Nc1nnc(-c2ccccc2)s1)[C@@H](C)CC. The van der Waals surface area contributed by atoms with Gasteiger partial charge in [0.15, 0.2) is 0 Å². The van der Waals surface area contributed by atoms with Gasteiger partial charge in [0.05, 0.1) is 0 Å². The Morgan fingerprint density at radius 1 is 1.16 bits per heavy atom. The molecule has 0 bridgehead atoms. The highest BCUT2D eigenvalue weighted by molar-refractivity contribution is 7.18. The standard InChI is InChI=1S/C18H24N4O2S/c1-4-9-14(23)19-15(12(3)5-2)16(24)20-18-22-21-17(25-18)13-10-7-6-8-11-13/h6-8,10-12,15H,4-5,9H2,1-3H3,(H,19,23)(H,20,22,24)/t12-,15-/m0/s1. The summed E-state index contributed by atoms with van der Waals surface area (Å²) >= 11 is 1.31. The third-order valence-electron chi connectivity index (χ3n) is 3.96. The molecule has 0 saturated carbocycles. The average Bonchev–Trinajstić information content (AvgIpc) is 3.08. The summed E-state index contributed by atoms with van der Waals surface area (Å²) in [5.41, 5.74) is 0.954. The molecular weight excluding hydrogens is 336 g/mol. The highest BCUT2D eigenvalue weighted by Gasteiger charge is 2.26. The number of hydrogen-bond donors (Lipinski definition) is 2. The number of rotatable bonds is 8. The minimum atomic E-state index is -0.576. The molecule has 1 heterocycles. The number of carbonyl (C=O) groups is 2. The highest BCUT2D eigenvalue weighted by Crippen LogP contribution is 2.26. The first kappa shape index (κ1) is 19.1. The second-order valence-electron chi connectivity index (χ2n) is 5.95. The molecule has 134 valence electrons. The lowest BCUT2D eigenvalue weighted by Gasteiger charge is -2.22. The summed E-state index contributed by atoms with van der Waals surface area (Å²) < 4.78 is 0. The van der Waals surface area contributed by atoms with E-state index >= 15 is 0 Å². The lowest BCUT2D eigenvalue weighted by molar-refractivity contribution is -0.127. The Labute approximate surface area is 152 Å². The molecule has 25 heavy (non-hydrogen) atoms. The molecule has 1 aromatic carbocycles. The number of benzene rings is 1. The van der Waals surface area contributed by atoms with Crippen molar-refractivity contribution in [3.05, 3.63) is 30.3 Å². The Hall–Kier alpha value is -2.28. The predicted molar refractivity (Wildman–Crippen MR) is 100 cm³/mol. The van der Waals surface area contributed by atoms with E-state index in [-0.39, 0.29) is 17.7 Å². The van der Waals surface area contributed by atoms with Crippen LogP contribution in [0.2, 0.25) is 0 Å². The van der Waals surface area contributed by atoms with E-state index in [1.54, 1.807) is 0 Å². The van der Waals surface area contributed by atoms with Crippen LogP contribution in [0.25, 0.3) is 10.6 Å². The Bertz CT molecular complexity index is 702. The number of aromatic nitrogens is 2. The molecule has 0 spiro atoms. The molecule has 0 fully saturated rings. The molecule has 6 nitrogen and oxygen atoms in total. The number of carbonyl (C=O) groups excluding carboxylic acids is 2. The zero-order chi connectivity index (χ0) is 18.2. The van der Waals surface area contributed by atoms with Crippen molar-refractivity contribution in [1.82, 2.24) is 15.5 Å². The Morgan fingerprint density at radius 2 is 1.88 bits per heavy atom. The van der Waals surface area contributed by atoms with Crippen LogP contribution in [0.4, 0.5) is 5.13 Å². The van der Waals surface area contributed by atoms with E-state index in [0.29, 0.717) is 11.6 Å². The maximum absolute atomic E-state index is 12.6. The van der Waals surface area contributed by atoms with Crippen molar-refractivity contribution in [3.63, 3.8) is 0 Å². The number of hydrogen-bond acceptors (Lipinski definition) is 5. The quantitative estimate of drug-likeness (QED) is 0.755. The summed E-state index contributed by atoms with van der Waals surface area (Å²) in [6.07, 6.45) is 1.95. The molecular formula is C18H24N4O2S. The van der Waals surface area contributed by atoms with E-state index < -0.39 is 6.04 Å². The van der Waals surface area contributed by atoms with Gasteiger partial charge in [0, 0.05) is 12.0 Å². The van der Waals surface area contributed by atoms with Crippen LogP contribution in [0.3, 0.4) is 0 Å². The van der Waals surface area contributed by atoms with Crippen LogP contribution in [0, 0.1) is 5.92 Å². The summed E-state index contributed by atoms with van der Waals surface area (Å²) in [6, 6.07) is 9.10. The third-order valence-corrected chi connectivity index (χ3v) is 4.85. The molecule has 0 aliphatic heterocycles. The van der Waals surface area contributed by atoms with Gasteiger partial charge in [-0.3, -0.25) is 14.9 Å². The molecule has 0 saturated heterocycles. The second-order valence-corrected chi connectivity index (χ2v) is 6.93. The van der Waals surface area contributed by atoms with Gasteiger partial charge in [-0.25, -0.2) is 0 Å². The van der Waals surface area contributed by atoms with Gasteiger partial charge in [-0.05, 0) is 12.3 Å². The second kappa shape index (κ2) is 9.27. The van der Waals surface area contributed by atoms with E-state index in [4.69, 9.17) is 0 Å². The minimum Gasteiger partial charge on any atom is -0.344 e. The molecule has 7 heteroatoms. The summed E-state index contributed by atoms with van der Waals surface area (Å²) in [7, 11) is 0. The van der Waals surface area contributed by atoms with Crippen molar-refractivity contribution in [2.24, 2.45) is 5.92 Å². The molecule has 0 unspecified atom stereocenters. The highest BCUT2D eigenvalue weighted by atomic mass is 32.1. The van der Waals surface area contributed by atoms with Gasteiger partial charge >= 0.3 is 0 Å². The molecule has 0 radical (unpaired) electrons. The number of nitrogens with one attached hydrogen (secondary N) is 2. The van der Waals surface area contributed by atoms with Gasteiger partial charge < -0.3 is 5.32 Å². The van der Waals surface area contributed by atoms with Crippen LogP contribution >= 0.6 is 11.3 Å². The summed E-state index contributed by atoms with van der Waals surface area (Å²) in [5.74, 6) is -0.331. The van der Waals surface area contributed by atoms with Crippen molar-refractivity contribution in [2.45, 2.75) is 46.1 Å². The monoisotopic (exact) mass is 360 g/mol. The van der Waals surface area contributed by atoms with Gasteiger partial charge in [-0.15, -0.1) is 10.2 Å². The number of anilines is 1. The topological polar surface area (TPSA) is 84.0 Å².